The van der Waals surface area contributed by atoms with E-state index in [9.17, 15) is 0 Å². The van der Waals surface area contributed by atoms with Gasteiger partial charge in [-0.2, -0.15) is 0 Å². The highest BCUT2D eigenvalue weighted by molar-refractivity contribution is 7.04. The zero-order chi connectivity index (χ0) is 26.5. The van der Waals surface area contributed by atoms with E-state index >= 15 is 0 Å². The van der Waals surface area contributed by atoms with Crippen LogP contribution in [0.2, 0.25) is 78.6 Å². The SMILES string of the molecule is CCO[Si](OCC)(O[Si](OCC)(OCC)N([Si](C)(C)C)[Si](C)(C)C)N([Si](C)(C)C)[Si](C)(C)C. The third-order valence-corrected chi connectivity index (χ3v) is 35.3. The Hall–Kier alpha value is 1.02. The van der Waals surface area contributed by atoms with Crippen molar-refractivity contribution in [3.8, 4) is 0 Å². The molecule has 0 fully saturated rings. The van der Waals surface area contributed by atoms with Gasteiger partial charge in [-0.1, -0.05) is 78.6 Å². The molecule has 0 spiro atoms. The van der Waals surface area contributed by atoms with Crippen molar-refractivity contribution in [3.63, 3.8) is 0 Å². The maximum atomic E-state index is 7.40. The van der Waals surface area contributed by atoms with Crippen molar-refractivity contribution in [2.75, 3.05) is 26.4 Å². The quantitative estimate of drug-likeness (QED) is 0.211. The smallest absolute Gasteiger partial charge is 0.362 e. The van der Waals surface area contributed by atoms with Crippen LogP contribution in [0.1, 0.15) is 27.7 Å². The van der Waals surface area contributed by atoms with E-state index in [2.05, 4.69) is 86.4 Å². The van der Waals surface area contributed by atoms with Gasteiger partial charge >= 0.3 is 17.9 Å². The fourth-order valence-electron chi connectivity index (χ4n) is 5.10. The second-order valence-electron chi connectivity index (χ2n) is 12.2. The molecule has 0 radical (unpaired) electrons. The minimum Gasteiger partial charge on any atom is -0.362 e. The Bertz CT molecular complexity index is 497. The molecular formula is C20H56N2O5Si6. The second kappa shape index (κ2) is 12.5. The van der Waals surface area contributed by atoms with Gasteiger partial charge in [-0.25, -0.2) is 0 Å². The van der Waals surface area contributed by atoms with Crippen LogP contribution in [0.5, 0.6) is 0 Å². The molecule has 0 aliphatic rings. The lowest BCUT2D eigenvalue weighted by molar-refractivity contribution is 0.0216. The first-order chi connectivity index (χ1) is 14.7. The standard InChI is InChI=1S/C20H56N2O5Si6/c1-17-23-32(24-18-2,21(28(5,6)7)29(8,9)10)27-33(25-19-3,26-20-4)22(30(11,12)13)31(14,15)16/h17-20H2,1-16H3. The normalized spacial score (nSPS) is 15.1. The summed E-state index contributed by atoms with van der Waals surface area (Å²) in [5, 5.41) is 0. The van der Waals surface area contributed by atoms with Crippen molar-refractivity contribution >= 4 is 50.9 Å². The molecule has 0 aliphatic carbocycles. The Morgan fingerprint density at radius 3 is 0.697 bits per heavy atom. The highest BCUT2D eigenvalue weighted by Crippen LogP contribution is 2.37. The first-order valence-corrected chi connectivity index (χ1v) is 29.7. The molecule has 0 aromatic carbocycles. The minimum atomic E-state index is -3.35. The van der Waals surface area contributed by atoms with Crippen molar-refractivity contribution in [1.29, 1.82) is 0 Å². The van der Waals surface area contributed by atoms with Gasteiger partial charge < -0.3 is 29.6 Å². The van der Waals surface area contributed by atoms with E-state index in [0.717, 1.165) is 0 Å². The van der Waals surface area contributed by atoms with Crippen LogP contribution < -0.4 is 0 Å². The molecule has 200 valence electrons. The van der Waals surface area contributed by atoms with Crippen LogP contribution in [0, 0.1) is 0 Å². The molecule has 0 rings (SSSR count). The third-order valence-electron chi connectivity index (χ3n) is 4.80. The summed E-state index contributed by atoms with van der Waals surface area (Å²) in [5.41, 5.74) is 0. The lowest BCUT2D eigenvalue weighted by Gasteiger charge is -2.56. The number of hydrogen-bond acceptors (Lipinski definition) is 7. The number of nitrogens with zero attached hydrogens (tertiary/aromatic N) is 2. The van der Waals surface area contributed by atoms with Crippen LogP contribution in [0.3, 0.4) is 0 Å². The molecule has 33 heavy (non-hydrogen) atoms. The second-order valence-corrected chi connectivity index (χ2v) is 39.0. The number of hydrogen-bond donors (Lipinski definition) is 0. The van der Waals surface area contributed by atoms with E-state index in [1.54, 1.807) is 0 Å². The van der Waals surface area contributed by atoms with Crippen molar-refractivity contribution < 1.29 is 21.8 Å². The van der Waals surface area contributed by atoms with Crippen molar-refractivity contribution in [1.82, 2.24) is 7.79 Å². The average Bonchev–Trinajstić information content (AvgIpc) is 2.49. The van der Waals surface area contributed by atoms with E-state index in [-0.39, 0.29) is 0 Å². The predicted molar refractivity (Wildman–Crippen MR) is 156 cm³/mol. The van der Waals surface area contributed by atoms with Gasteiger partial charge in [0.25, 0.3) is 0 Å². The molecule has 0 saturated carbocycles. The Balaban J connectivity index is 7.36. The topological polar surface area (TPSA) is 52.6 Å². The molecule has 13 heteroatoms. The lowest BCUT2D eigenvalue weighted by Crippen LogP contribution is -2.83. The van der Waals surface area contributed by atoms with Crippen LogP contribution in [0.4, 0.5) is 0 Å². The summed E-state index contributed by atoms with van der Waals surface area (Å²) in [7, 11) is -14.3. The molecule has 0 atom stereocenters. The molecule has 0 saturated heterocycles. The molecule has 0 aromatic heterocycles. The molecule has 0 aliphatic heterocycles. The minimum absolute atomic E-state index is 0.528. The van der Waals surface area contributed by atoms with E-state index in [0.29, 0.717) is 26.4 Å². The Labute approximate surface area is 212 Å². The van der Waals surface area contributed by atoms with Crippen LogP contribution in [0.25, 0.3) is 0 Å². The fraction of sp³-hybridized carbons (Fsp3) is 1.00. The lowest BCUT2D eigenvalue weighted by atomic mass is 10.9. The first kappa shape index (κ1) is 34.0. The highest BCUT2D eigenvalue weighted by atomic mass is 28.5. The zero-order valence-corrected chi connectivity index (χ0v) is 30.8. The Morgan fingerprint density at radius 2 is 0.576 bits per heavy atom. The summed E-state index contributed by atoms with van der Waals surface area (Å²) in [6.07, 6.45) is 0. The van der Waals surface area contributed by atoms with Gasteiger partial charge in [-0.05, 0) is 27.7 Å². The van der Waals surface area contributed by atoms with Crippen molar-refractivity contribution in [2.45, 2.75) is 106 Å². The van der Waals surface area contributed by atoms with Crippen LogP contribution >= 0.6 is 0 Å². The van der Waals surface area contributed by atoms with E-state index < -0.39 is 50.9 Å². The molecular weight excluding hydrogens is 517 g/mol. The molecule has 0 unspecified atom stereocenters. The van der Waals surface area contributed by atoms with Crippen LogP contribution in [-0.2, 0) is 21.8 Å². The van der Waals surface area contributed by atoms with Crippen LogP contribution in [-0.4, -0.2) is 85.1 Å². The van der Waals surface area contributed by atoms with Gasteiger partial charge in [0.05, 0.1) is 0 Å². The molecule has 7 nitrogen and oxygen atoms in total. The van der Waals surface area contributed by atoms with Gasteiger partial charge in [0.15, 0.2) is 0 Å². The summed E-state index contributed by atoms with van der Waals surface area (Å²) in [6.45, 7) is 38.7. The van der Waals surface area contributed by atoms with Crippen molar-refractivity contribution in [2.24, 2.45) is 0 Å². The molecule has 0 N–H and O–H groups in total. The zero-order valence-electron chi connectivity index (χ0n) is 24.8. The summed E-state index contributed by atoms with van der Waals surface area (Å²) in [6, 6.07) is 0. The van der Waals surface area contributed by atoms with Crippen LogP contribution in [0.15, 0.2) is 0 Å². The summed E-state index contributed by atoms with van der Waals surface area (Å²) < 4.78 is 39.3. The summed E-state index contributed by atoms with van der Waals surface area (Å²) in [4.78, 5) is 0. The van der Waals surface area contributed by atoms with E-state index in [1.807, 2.05) is 27.7 Å². The van der Waals surface area contributed by atoms with Gasteiger partial charge in [-0.3, -0.25) is 0 Å². The maximum Gasteiger partial charge on any atom is 0.579 e. The number of rotatable bonds is 16. The third kappa shape index (κ3) is 9.12. The average molecular weight is 573 g/mol. The predicted octanol–water partition coefficient (Wildman–Crippen LogP) is 5.96. The van der Waals surface area contributed by atoms with E-state index in [4.69, 9.17) is 21.8 Å². The van der Waals surface area contributed by atoms with Gasteiger partial charge in [0, 0.05) is 26.4 Å². The molecule has 0 heterocycles. The maximum absolute atomic E-state index is 7.40. The largest absolute Gasteiger partial charge is 0.579 e. The molecule has 0 bridgehead atoms. The van der Waals surface area contributed by atoms with Gasteiger partial charge in [0.1, 0.15) is 32.9 Å². The Morgan fingerprint density at radius 1 is 0.394 bits per heavy atom. The summed E-state index contributed by atoms with van der Waals surface area (Å²) >= 11 is 0. The summed E-state index contributed by atoms with van der Waals surface area (Å²) in [5.74, 6) is 0. The molecule has 0 aromatic rings. The molecule has 0 amide bonds. The van der Waals surface area contributed by atoms with Gasteiger partial charge in [-0.15, -0.1) is 0 Å². The van der Waals surface area contributed by atoms with Gasteiger partial charge in [0.2, 0.25) is 0 Å². The first-order valence-electron chi connectivity index (χ1n) is 12.5. The monoisotopic (exact) mass is 572 g/mol. The Kier molecular flexibility index (Phi) is 12.9. The van der Waals surface area contributed by atoms with Crippen molar-refractivity contribution in [3.05, 3.63) is 0 Å². The highest BCUT2D eigenvalue weighted by Gasteiger charge is 2.67. The van der Waals surface area contributed by atoms with E-state index in [1.165, 1.54) is 0 Å². The fourth-order valence-corrected chi connectivity index (χ4v) is 42.7.